The molecule has 27 heavy (non-hydrogen) atoms. The van der Waals surface area contributed by atoms with E-state index in [4.69, 9.17) is 0 Å². The fourth-order valence-corrected chi connectivity index (χ4v) is 2.99. The lowest BCUT2D eigenvalue weighted by Gasteiger charge is -2.22. The molecule has 2 aromatic carbocycles. The van der Waals surface area contributed by atoms with Gasteiger partial charge < -0.3 is 15.5 Å². The van der Waals surface area contributed by atoms with E-state index >= 15 is 0 Å². The summed E-state index contributed by atoms with van der Waals surface area (Å²) in [5.74, 6) is -0.884. The summed E-state index contributed by atoms with van der Waals surface area (Å²) in [5.41, 5.74) is 1.10. The van der Waals surface area contributed by atoms with Crippen molar-refractivity contribution in [2.75, 3.05) is 30.9 Å². The molecule has 1 aliphatic rings. The Morgan fingerprint density at radius 3 is 2.30 bits per heavy atom. The van der Waals surface area contributed by atoms with Crippen LogP contribution in [-0.2, 0) is 15.1 Å². The van der Waals surface area contributed by atoms with Crippen LogP contribution in [0.25, 0.3) is 0 Å². The molecule has 0 aliphatic carbocycles. The third-order valence-corrected chi connectivity index (χ3v) is 4.60. The Hall–Kier alpha value is -3.35. The first kappa shape index (κ1) is 18.4. The van der Waals surface area contributed by atoms with Gasteiger partial charge in [0.1, 0.15) is 12.1 Å². The van der Waals surface area contributed by atoms with Gasteiger partial charge in [0, 0.05) is 25.5 Å². The number of imide groups is 1. The zero-order valence-electron chi connectivity index (χ0n) is 15.5. The summed E-state index contributed by atoms with van der Waals surface area (Å²) in [7, 11) is 3.85. The van der Waals surface area contributed by atoms with E-state index < -0.39 is 23.4 Å². The van der Waals surface area contributed by atoms with Gasteiger partial charge in [-0.1, -0.05) is 30.3 Å². The van der Waals surface area contributed by atoms with Crippen molar-refractivity contribution in [2.45, 2.75) is 12.5 Å². The van der Waals surface area contributed by atoms with Gasteiger partial charge in [-0.15, -0.1) is 0 Å². The highest BCUT2D eigenvalue weighted by Crippen LogP contribution is 2.28. The molecule has 1 fully saturated rings. The average molecular weight is 366 g/mol. The van der Waals surface area contributed by atoms with Crippen LogP contribution in [0, 0.1) is 0 Å². The summed E-state index contributed by atoms with van der Waals surface area (Å²) < 4.78 is 0. The lowest BCUT2D eigenvalue weighted by molar-refractivity contribution is -0.133. The molecule has 0 bridgehead atoms. The first-order valence-electron chi connectivity index (χ1n) is 8.58. The zero-order valence-corrected chi connectivity index (χ0v) is 15.5. The quantitative estimate of drug-likeness (QED) is 0.795. The summed E-state index contributed by atoms with van der Waals surface area (Å²) in [5, 5.41) is 5.40. The number of hydrogen-bond acceptors (Lipinski definition) is 4. The fraction of sp³-hybridized carbons (Fsp3) is 0.250. The highest BCUT2D eigenvalue weighted by Gasteiger charge is 2.49. The van der Waals surface area contributed by atoms with Gasteiger partial charge in [-0.3, -0.25) is 14.5 Å². The number of rotatable bonds is 5. The molecule has 0 spiro atoms. The Balaban J connectivity index is 1.69. The third kappa shape index (κ3) is 3.62. The van der Waals surface area contributed by atoms with Crippen LogP contribution in [-0.4, -0.2) is 43.4 Å². The lowest BCUT2D eigenvalue weighted by atomic mass is 9.92. The van der Waals surface area contributed by atoms with E-state index in [0.29, 0.717) is 11.3 Å². The number of carbonyl (C=O) groups is 3. The Bertz CT molecular complexity index is 865. The lowest BCUT2D eigenvalue weighted by Crippen LogP contribution is -2.42. The standard InChI is InChI=1S/C20H22N4O3/c1-20(14-7-5-4-6-8-14)18(26)24(19(27)22-20)13-17(25)21-15-9-11-16(12-10-15)23(2)3/h4-12H,13H2,1-3H3,(H,21,25)(H,22,27)/t20-/m1/s1. The first-order chi connectivity index (χ1) is 12.8. The average Bonchev–Trinajstić information content (AvgIpc) is 2.87. The predicted molar refractivity (Wildman–Crippen MR) is 103 cm³/mol. The molecule has 1 saturated heterocycles. The normalized spacial score (nSPS) is 19.0. The maximum absolute atomic E-state index is 12.8. The Kier molecular flexibility index (Phi) is 4.85. The van der Waals surface area contributed by atoms with Gasteiger partial charge in [0.15, 0.2) is 0 Å². The van der Waals surface area contributed by atoms with E-state index in [2.05, 4.69) is 10.6 Å². The van der Waals surface area contributed by atoms with Crippen molar-refractivity contribution < 1.29 is 14.4 Å². The molecular weight excluding hydrogens is 344 g/mol. The van der Waals surface area contributed by atoms with E-state index in [-0.39, 0.29) is 6.54 Å². The number of benzene rings is 2. The number of hydrogen-bond donors (Lipinski definition) is 2. The van der Waals surface area contributed by atoms with Crippen molar-refractivity contribution >= 4 is 29.2 Å². The van der Waals surface area contributed by atoms with E-state index in [1.807, 2.05) is 37.2 Å². The maximum atomic E-state index is 12.8. The smallest absolute Gasteiger partial charge is 0.325 e. The van der Waals surface area contributed by atoms with Crippen molar-refractivity contribution in [2.24, 2.45) is 0 Å². The number of urea groups is 1. The molecule has 0 radical (unpaired) electrons. The van der Waals surface area contributed by atoms with E-state index in [1.165, 1.54) is 0 Å². The molecule has 7 heteroatoms. The van der Waals surface area contributed by atoms with Crippen LogP contribution < -0.4 is 15.5 Å². The molecule has 140 valence electrons. The van der Waals surface area contributed by atoms with Gasteiger partial charge in [-0.25, -0.2) is 4.79 Å². The summed E-state index contributed by atoms with van der Waals surface area (Å²) in [6.07, 6.45) is 0. The molecule has 0 aromatic heterocycles. The van der Waals surface area contributed by atoms with E-state index in [0.717, 1.165) is 10.6 Å². The summed E-state index contributed by atoms with van der Waals surface area (Å²) in [4.78, 5) is 40.3. The predicted octanol–water partition coefficient (Wildman–Crippen LogP) is 2.16. The second-order valence-corrected chi connectivity index (χ2v) is 6.80. The monoisotopic (exact) mass is 366 g/mol. The van der Waals surface area contributed by atoms with Crippen molar-refractivity contribution in [1.29, 1.82) is 0 Å². The molecule has 0 saturated carbocycles. The van der Waals surface area contributed by atoms with Crippen LogP contribution in [0.3, 0.4) is 0 Å². The molecule has 1 aliphatic heterocycles. The minimum absolute atomic E-state index is 0.345. The third-order valence-electron chi connectivity index (χ3n) is 4.60. The molecule has 4 amide bonds. The van der Waals surface area contributed by atoms with Gasteiger partial charge in [0.2, 0.25) is 5.91 Å². The van der Waals surface area contributed by atoms with Crippen molar-refractivity contribution in [1.82, 2.24) is 10.2 Å². The Morgan fingerprint density at radius 2 is 1.70 bits per heavy atom. The summed E-state index contributed by atoms with van der Waals surface area (Å²) in [6, 6.07) is 15.7. The number of nitrogens with one attached hydrogen (secondary N) is 2. The minimum atomic E-state index is -1.17. The van der Waals surface area contributed by atoms with Crippen LogP contribution in [0.2, 0.25) is 0 Å². The molecule has 2 N–H and O–H groups in total. The van der Waals surface area contributed by atoms with Crippen LogP contribution in [0.5, 0.6) is 0 Å². The van der Waals surface area contributed by atoms with E-state index in [1.54, 1.807) is 43.3 Å². The summed E-state index contributed by atoms with van der Waals surface area (Å²) >= 11 is 0. The van der Waals surface area contributed by atoms with Crippen LogP contribution >= 0.6 is 0 Å². The van der Waals surface area contributed by atoms with Crippen molar-refractivity contribution in [3.8, 4) is 0 Å². The van der Waals surface area contributed by atoms with Crippen molar-refractivity contribution in [3.05, 3.63) is 60.2 Å². The first-order valence-corrected chi connectivity index (χ1v) is 8.58. The van der Waals surface area contributed by atoms with E-state index in [9.17, 15) is 14.4 Å². The second-order valence-electron chi connectivity index (χ2n) is 6.80. The number of amides is 4. The highest BCUT2D eigenvalue weighted by atomic mass is 16.2. The largest absolute Gasteiger partial charge is 0.378 e. The van der Waals surface area contributed by atoms with Crippen LogP contribution in [0.15, 0.2) is 54.6 Å². The van der Waals surface area contributed by atoms with Gasteiger partial charge >= 0.3 is 6.03 Å². The van der Waals surface area contributed by atoms with Gasteiger partial charge in [-0.05, 0) is 36.8 Å². The molecule has 3 rings (SSSR count). The Morgan fingerprint density at radius 1 is 1.07 bits per heavy atom. The summed E-state index contributed by atoms with van der Waals surface area (Å²) in [6.45, 7) is 1.29. The second kappa shape index (κ2) is 7.11. The number of carbonyl (C=O) groups excluding carboxylic acids is 3. The van der Waals surface area contributed by atoms with Gasteiger partial charge in [-0.2, -0.15) is 0 Å². The topological polar surface area (TPSA) is 81.8 Å². The molecule has 0 unspecified atom stereocenters. The molecule has 2 aromatic rings. The van der Waals surface area contributed by atoms with Crippen LogP contribution in [0.1, 0.15) is 12.5 Å². The van der Waals surface area contributed by atoms with Gasteiger partial charge in [0.25, 0.3) is 5.91 Å². The fourth-order valence-electron chi connectivity index (χ4n) is 2.99. The molecule has 1 atom stereocenters. The zero-order chi connectivity index (χ0) is 19.6. The number of nitrogens with zero attached hydrogens (tertiary/aromatic N) is 2. The molecule has 1 heterocycles. The maximum Gasteiger partial charge on any atom is 0.325 e. The van der Waals surface area contributed by atoms with Crippen molar-refractivity contribution in [3.63, 3.8) is 0 Å². The Labute approximate surface area is 158 Å². The van der Waals surface area contributed by atoms with Gasteiger partial charge in [0.05, 0.1) is 0 Å². The highest BCUT2D eigenvalue weighted by molar-refractivity contribution is 6.10. The molecule has 7 nitrogen and oxygen atoms in total. The number of anilines is 2. The SMILES string of the molecule is CN(C)c1ccc(NC(=O)CN2C(=O)N[C@](C)(c3ccccc3)C2=O)cc1. The minimum Gasteiger partial charge on any atom is -0.378 e. The van der Waals surface area contributed by atoms with Crippen LogP contribution in [0.4, 0.5) is 16.2 Å². The molecular formula is C20H22N4O3.